The molecule has 2 N–H and O–H groups in total. The lowest BCUT2D eigenvalue weighted by Crippen LogP contribution is -2.17. The van der Waals surface area contributed by atoms with Crippen molar-refractivity contribution in [2.24, 2.45) is 5.73 Å². The van der Waals surface area contributed by atoms with Gasteiger partial charge < -0.3 is 10.3 Å². The summed E-state index contributed by atoms with van der Waals surface area (Å²) in [5, 5.41) is 0.368. The number of hydrogen-bond donors (Lipinski definition) is 1. The Balaban J connectivity index is 2.38. The van der Waals surface area contributed by atoms with Gasteiger partial charge >= 0.3 is 0 Å². The number of aromatic nitrogens is 2. The third kappa shape index (κ3) is 2.45. The number of thiocarbonyl (C=S) groups is 1. The number of halogens is 2. The van der Waals surface area contributed by atoms with E-state index in [1.54, 1.807) is 29.1 Å². The molecule has 0 radical (unpaired) electrons. The number of nitrogens with zero attached hydrogens (tertiary/aromatic N) is 2. The van der Waals surface area contributed by atoms with Gasteiger partial charge in [0.25, 0.3) is 0 Å². The van der Waals surface area contributed by atoms with Crippen LogP contribution >= 0.6 is 23.8 Å². The van der Waals surface area contributed by atoms with Crippen molar-refractivity contribution in [2.75, 3.05) is 0 Å². The van der Waals surface area contributed by atoms with Gasteiger partial charge in [-0.15, -0.1) is 0 Å². The molecular weight excluding hydrogens is 261 g/mol. The minimum atomic E-state index is -0.361. The first-order valence-corrected chi connectivity index (χ1v) is 5.62. The van der Waals surface area contributed by atoms with Gasteiger partial charge in [-0.1, -0.05) is 29.9 Å². The van der Waals surface area contributed by atoms with Crippen LogP contribution in [0.2, 0.25) is 5.02 Å². The van der Waals surface area contributed by atoms with E-state index in [2.05, 4.69) is 4.98 Å². The third-order valence-electron chi connectivity index (χ3n) is 2.33. The summed E-state index contributed by atoms with van der Waals surface area (Å²) >= 11 is 10.8. The summed E-state index contributed by atoms with van der Waals surface area (Å²) in [5.41, 5.74) is 5.90. The zero-order valence-corrected chi connectivity index (χ0v) is 10.3. The summed E-state index contributed by atoms with van der Waals surface area (Å²) in [6.45, 7) is 0.248. The van der Waals surface area contributed by atoms with E-state index in [9.17, 15) is 4.39 Å². The molecule has 0 aliphatic rings. The van der Waals surface area contributed by atoms with Crippen LogP contribution in [0.3, 0.4) is 0 Å². The Morgan fingerprint density at radius 2 is 2.29 bits per heavy atom. The molecule has 1 heterocycles. The lowest BCUT2D eigenvalue weighted by molar-refractivity contribution is 0.599. The molecule has 0 saturated carbocycles. The standard InChI is InChI=1S/C11H9ClFN3S/c12-8-2-1-3-9(13)7(8)6-16-5-4-15-11(16)10(14)17/h1-5H,6H2,(H2,14,17). The van der Waals surface area contributed by atoms with Gasteiger partial charge in [0.2, 0.25) is 0 Å². The highest BCUT2D eigenvalue weighted by molar-refractivity contribution is 7.80. The van der Waals surface area contributed by atoms with Crippen LogP contribution in [0.4, 0.5) is 4.39 Å². The lowest BCUT2D eigenvalue weighted by Gasteiger charge is -2.09. The Bertz CT molecular complexity index is 547. The largest absolute Gasteiger partial charge is 0.387 e. The number of hydrogen-bond acceptors (Lipinski definition) is 2. The fourth-order valence-electron chi connectivity index (χ4n) is 1.52. The Kier molecular flexibility index (Phi) is 3.40. The van der Waals surface area contributed by atoms with Crippen LogP contribution in [0.15, 0.2) is 30.6 Å². The molecule has 0 fully saturated rings. The molecule has 1 aromatic carbocycles. The second-order valence-corrected chi connectivity index (χ2v) is 4.29. The van der Waals surface area contributed by atoms with Gasteiger partial charge in [-0.05, 0) is 12.1 Å². The summed E-state index contributed by atoms with van der Waals surface area (Å²) in [7, 11) is 0. The molecule has 0 amide bonds. The van der Waals surface area contributed by atoms with Crippen molar-refractivity contribution in [3.63, 3.8) is 0 Å². The average molecular weight is 270 g/mol. The first-order valence-electron chi connectivity index (χ1n) is 4.83. The Hall–Kier alpha value is -1.46. The molecule has 0 saturated heterocycles. The molecule has 2 aromatic rings. The molecule has 3 nitrogen and oxygen atoms in total. The average Bonchev–Trinajstić information content (AvgIpc) is 2.72. The highest BCUT2D eigenvalue weighted by Crippen LogP contribution is 2.20. The summed E-state index contributed by atoms with van der Waals surface area (Å²) < 4.78 is 15.3. The van der Waals surface area contributed by atoms with Gasteiger partial charge in [0.1, 0.15) is 10.8 Å². The molecular formula is C11H9ClFN3S. The van der Waals surface area contributed by atoms with E-state index in [1.165, 1.54) is 6.07 Å². The van der Waals surface area contributed by atoms with Crippen LogP contribution in [0.25, 0.3) is 0 Å². The molecule has 0 aliphatic heterocycles. The third-order valence-corrected chi connectivity index (χ3v) is 2.86. The van der Waals surface area contributed by atoms with Crippen LogP contribution in [-0.2, 0) is 6.54 Å². The quantitative estimate of drug-likeness (QED) is 0.870. The fourth-order valence-corrected chi connectivity index (χ4v) is 1.91. The summed E-state index contributed by atoms with van der Waals surface area (Å²) in [4.78, 5) is 4.17. The fraction of sp³-hybridized carbons (Fsp3) is 0.0909. The second kappa shape index (κ2) is 4.81. The summed E-state index contributed by atoms with van der Waals surface area (Å²) in [5.74, 6) is 0.0828. The van der Waals surface area contributed by atoms with Crippen molar-refractivity contribution in [3.05, 3.63) is 52.8 Å². The van der Waals surface area contributed by atoms with Crippen molar-refractivity contribution in [3.8, 4) is 0 Å². The molecule has 88 valence electrons. The zero-order valence-electron chi connectivity index (χ0n) is 8.73. The van der Waals surface area contributed by atoms with E-state index in [0.29, 0.717) is 16.4 Å². The number of rotatable bonds is 3. The van der Waals surface area contributed by atoms with Gasteiger partial charge in [0.15, 0.2) is 5.82 Å². The van der Waals surface area contributed by atoms with Crippen LogP contribution in [0.1, 0.15) is 11.4 Å². The van der Waals surface area contributed by atoms with Crippen molar-refractivity contribution in [2.45, 2.75) is 6.54 Å². The van der Waals surface area contributed by atoms with Crippen molar-refractivity contribution in [1.82, 2.24) is 9.55 Å². The molecule has 0 spiro atoms. The first kappa shape index (κ1) is 12.0. The normalized spacial score (nSPS) is 10.5. The number of nitrogens with two attached hydrogens (primary N) is 1. The van der Waals surface area contributed by atoms with Crippen LogP contribution < -0.4 is 5.73 Å². The van der Waals surface area contributed by atoms with Crippen molar-refractivity contribution < 1.29 is 4.39 Å². The molecule has 0 aliphatic carbocycles. The molecule has 1 aromatic heterocycles. The maximum absolute atomic E-state index is 13.6. The van der Waals surface area contributed by atoms with Gasteiger partial charge in [-0.3, -0.25) is 0 Å². The highest BCUT2D eigenvalue weighted by atomic mass is 35.5. The Morgan fingerprint density at radius 3 is 2.94 bits per heavy atom. The second-order valence-electron chi connectivity index (χ2n) is 3.44. The van der Waals surface area contributed by atoms with Gasteiger partial charge in [0, 0.05) is 23.0 Å². The first-order chi connectivity index (χ1) is 8.09. The Labute approximate surface area is 108 Å². The zero-order chi connectivity index (χ0) is 12.4. The topological polar surface area (TPSA) is 43.8 Å². The van der Waals surface area contributed by atoms with Crippen molar-refractivity contribution >= 4 is 28.8 Å². The molecule has 17 heavy (non-hydrogen) atoms. The van der Waals surface area contributed by atoms with E-state index < -0.39 is 0 Å². The van der Waals surface area contributed by atoms with Gasteiger partial charge in [-0.25, -0.2) is 9.37 Å². The SMILES string of the molecule is NC(=S)c1nccn1Cc1c(F)cccc1Cl. The molecule has 2 rings (SSSR count). The van der Waals surface area contributed by atoms with E-state index >= 15 is 0 Å². The molecule has 0 unspecified atom stereocenters. The van der Waals surface area contributed by atoms with Crippen LogP contribution in [0.5, 0.6) is 0 Å². The molecule has 6 heteroatoms. The van der Waals surface area contributed by atoms with Crippen molar-refractivity contribution in [1.29, 1.82) is 0 Å². The number of imidazole rings is 1. The van der Waals surface area contributed by atoms with E-state index in [1.807, 2.05) is 0 Å². The smallest absolute Gasteiger partial charge is 0.167 e. The minimum Gasteiger partial charge on any atom is -0.387 e. The molecule has 0 bridgehead atoms. The summed E-state index contributed by atoms with van der Waals surface area (Å²) in [6.07, 6.45) is 3.24. The van der Waals surface area contributed by atoms with Crippen LogP contribution in [-0.4, -0.2) is 14.5 Å². The van der Waals surface area contributed by atoms with E-state index in [0.717, 1.165) is 0 Å². The highest BCUT2D eigenvalue weighted by Gasteiger charge is 2.11. The number of benzene rings is 1. The lowest BCUT2D eigenvalue weighted by atomic mass is 10.2. The molecule has 0 atom stereocenters. The monoisotopic (exact) mass is 269 g/mol. The van der Waals surface area contributed by atoms with E-state index in [4.69, 9.17) is 29.6 Å². The maximum atomic E-state index is 13.6. The van der Waals surface area contributed by atoms with Gasteiger partial charge in [0.05, 0.1) is 6.54 Å². The summed E-state index contributed by atoms with van der Waals surface area (Å²) in [6, 6.07) is 4.56. The predicted molar refractivity (Wildman–Crippen MR) is 68.6 cm³/mol. The van der Waals surface area contributed by atoms with Gasteiger partial charge in [-0.2, -0.15) is 0 Å². The predicted octanol–water partition coefficient (Wildman–Crippen LogP) is 2.36. The maximum Gasteiger partial charge on any atom is 0.167 e. The Morgan fingerprint density at radius 1 is 1.53 bits per heavy atom. The van der Waals surface area contributed by atoms with E-state index in [-0.39, 0.29) is 17.4 Å². The van der Waals surface area contributed by atoms with Crippen LogP contribution in [0, 0.1) is 5.82 Å². The minimum absolute atomic E-state index is 0.169.